The van der Waals surface area contributed by atoms with Crippen LogP contribution in [0.4, 0.5) is 23.7 Å². The molecule has 0 aliphatic heterocycles. The van der Waals surface area contributed by atoms with Gasteiger partial charge in [-0.1, -0.05) is 17.6 Å². The fourth-order valence-corrected chi connectivity index (χ4v) is 1.41. The van der Waals surface area contributed by atoms with Crippen LogP contribution in [-0.2, 0) is 4.65 Å². The highest BCUT2D eigenvalue weighted by molar-refractivity contribution is 6.47. The normalized spacial score (nSPS) is 12.7. The third kappa shape index (κ3) is 6.80. The molecule has 24 heavy (non-hydrogen) atoms. The fourth-order valence-electron chi connectivity index (χ4n) is 1.41. The summed E-state index contributed by atoms with van der Waals surface area (Å²) in [6, 6.07) is 5.42. The first-order valence-electron chi connectivity index (χ1n) is 7.25. The summed E-state index contributed by atoms with van der Waals surface area (Å²) >= 11 is 0. The van der Waals surface area contributed by atoms with Crippen molar-refractivity contribution < 1.29 is 27.7 Å². The van der Waals surface area contributed by atoms with Crippen LogP contribution in [0.1, 0.15) is 27.7 Å². The highest BCUT2D eigenvalue weighted by atomic mass is 19.4. The molecule has 1 rings (SSSR count). The highest BCUT2D eigenvalue weighted by Crippen LogP contribution is 2.24. The molecular formula is C15H21BF3N2O3. The molecule has 0 bridgehead atoms. The van der Waals surface area contributed by atoms with Gasteiger partial charge in [0.2, 0.25) is 0 Å². The van der Waals surface area contributed by atoms with Crippen molar-refractivity contribution >= 4 is 24.7 Å². The Morgan fingerprint density at radius 3 is 2.42 bits per heavy atom. The molecule has 5 nitrogen and oxygen atoms in total. The van der Waals surface area contributed by atoms with Crippen LogP contribution in [0.2, 0.25) is 0 Å². The van der Waals surface area contributed by atoms with E-state index in [1.54, 1.807) is 45.1 Å². The average Bonchev–Trinajstić information content (AvgIpc) is 2.42. The third-order valence-corrected chi connectivity index (χ3v) is 3.56. The number of carbonyl (C=O) groups is 1. The predicted octanol–water partition coefficient (Wildman–Crippen LogP) is 2.18. The molecule has 0 aliphatic rings. The van der Waals surface area contributed by atoms with Crippen molar-refractivity contribution in [1.29, 1.82) is 0 Å². The summed E-state index contributed by atoms with van der Waals surface area (Å²) in [7, 11) is 1.41. The maximum Gasteiger partial charge on any atom is 0.405 e. The maximum atomic E-state index is 12.0. The molecule has 0 saturated carbocycles. The van der Waals surface area contributed by atoms with Gasteiger partial charge in [-0.3, -0.25) is 0 Å². The first-order valence-corrected chi connectivity index (χ1v) is 7.25. The van der Waals surface area contributed by atoms with Crippen molar-refractivity contribution in [2.75, 3.05) is 11.9 Å². The zero-order valence-corrected chi connectivity index (χ0v) is 14.0. The quantitative estimate of drug-likeness (QED) is 0.692. The van der Waals surface area contributed by atoms with Crippen LogP contribution in [0.5, 0.6) is 0 Å². The van der Waals surface area contributed by atoms with E-state index in [1.165, 1.54) is 19.6 Å². The third-order valence-electron chi connectivity index (χ3n) is 3.56. The Bertz CT molecular complexity index is 572. The number of urea groups is 1. The van der Waals surface area contributed by atoms with Gasteiger partial charge in [-0.2, -0.15) is 13.2 Å². The Labute approximate surface area is 139 Å². The molecule has 2 amide bonds. The van der Waals surface area contributed by atoms with E-state index >= 15 is 0 Å². The summed E-state index contributed by atoms with van der Waals surface area (Å²) < 4.78 is 41.7. The Kier molecular flexibility index (Phi) is 6.29. The van der Waals surface area contributed by atoms with E-state index in [4.69, 9.17) is 4.65 Å². The molecule has 0 unspecified atom stereocenters. The second-order valence-electron chi connectivity index (χ2n) is 6.35. The van der Waals surface area contributed by atoms with Gasteiger partial charge in [0.1, 0.15) is 6.54 Å². The summed E-state index contributed by atoms with van der Waals surface area (Å²) in [5.41, 5.74) is -1.05. The summed E-state index contributed by atoms with van der Waals surface area (Å²) in [5, 5.41) is 14.0. The Morgan fingerprint density at radius 1 is 1.25 bits per heavy atom. The van der Waals surface area contributed by atoms with Gasteiger partial charge >= 0.3 is 19.7 Å². The first kappa shape index (κ1) is 20.3. The molecule has 0 aliphatic carbocycles. The van der Waals surface area contributed by atoms with Gasteiger partial charge in [0.25, 0.3) is 0 Å². The zero-order chi connectivity index (χ0) is 18.6. The minimum absolute atomic E-state index is 0.313. The van der Waals surface area contributed by atoms with E-state index in [2.05, 4.69) is 5.32 Å². The number of nitrogens with one attached hydrogen (secondary N) is 2. The largest absolute Gasteiger partial charge is 0.427 e. The topological polar surface area (TPSA) is 70.6 Å². The van der Waals surface area contributed by atoms with Crippen LogP contribution in [0.25, 0.3) is 0 Å². The standard InChI is InChI=1S/C15H21BF3N2O3/c1-13(2,23)14(3,4)24-16-10-6-5-7-11(8-10)21-12(22)20-9-15(17,18)19/h5-8,23H,9H2,1-4H3,(H2,20,21,22). The van der Waals surface area contributed by atoms with Crippen molar-refractivity contribution in [3.05, 3.63) is 24.3 Å². The number of alkyl halides is 3. The lowest BCUT2D eigenvalue weighted by Gasteiger charge is -2.37. The number of rotatable bonds is 6. The van der Waals surface area contributed by atoms with Crippen LogP contribution in [0, 0.1) is 0 Å². The van der Waals surface area contributed by atoms with Gasteiger partial charge in [-0.25, -0.2) is 4.79 Å². The number of aliphatic hydroxyl groups is 1. The molecule has 133 valence electrons. The second-order valence-corrected chi connectivity index (χ2v) is 6.35. The lowest BCUT2D eigenvalue weighted by molar-refractivity contribution is -0.122. The molecule has 0 aromatic heterocycles. The van der Waals surface area contributed by atoms with E-state index in [-0.39, 0.29) is 0 Å². The molecule has 0 heterocycles. The van der Waals surface area contributed by atoms with E-state index in [0.717, 1.165) is 0 Å². The lowest BCUT2D eigenvalue weighted by atomic mass is 9.82. The highest BCUT2D eigenvalue weighted by Gasteiger charge is 2.35. The number of benzene rings is 1. The number of anilines is 1. The minimum atomic E-state index is -4.47. The van der Waals surface area contributed by atoms with Gasteiger partial charge in [-0.15, -0.1) is 0 Å². The molecule has 3 N–H and O–H groups in total. The number of hydrogen-bond donors (Lipinski definition) is 3. The summed E-state index contributed by atoms with van der Waals surface area (Å²) in [4.78, 5) is 11.4. The van der Waals surface area contributed by atoms with Gasteiger partial charge in [0.15, 0.2) is 0 Å². The molecule has 1 aromatic rings. The van der Waals surface area contributed by atoms with Gasteiger partial charge in [0, 0.05) is 5.69 Å². The Morgan fingerprint density at radius 2 is 1.88 bits per heavy atom. The summed E-state index contributed by atoms with van der Waals surface area (Å²) in [6.07, 6.45) is -4.47. The van der Waals surface area contributed by atoms with Crippen LogP contribution < -0.4 is 16.1 Å². The molecule has 0 fully saturated rings. The van der Waals surface area contributed by atoms with Crippen LogP contribution in [-0.4, -0.2) is 42.5 Å². The first-order chi connectivity index (χ1) is 10.8. The summed E-state index contributed by atoms with van der Waals surface area (Å²) in [6.45, 7) is 5.26. The minimum Gasteiger partial charge on any atom is -0.427 e. The monoisotopic (exact) mass is 345 g/mol. The van der Waals surface area contributed by atoms with Gasteiger partial charge in [0.05, 0.1) is 11.2 Å². The van der Waals surface area contributed by atoms with E-state index in [9.17, 15) is 23.1 Å². The van der Waals surface area contributed by atoms with Crippen molar-refractivity contribution in [3.63, 3.8) is 0 Å². The number of hydrogen-bond acceptors (Lipinski definition) is 3. The average molecular weight is 345 g/mol. The zero-order valence-electron chi connectivity index (χ0n) is 14.0. The van der Waals surface area contributed by atoms with Crippen molar-refractivity contribution in [2.45, 2.75) is 45.1 Å². The Hall–Kier alpha value is -1.74. The molecule has 9 heteroatoms. The summed E-state index contributed by atoms with van der Waals surface area (Å²) in [5.74, 6) is 0. The lowest BCUT2D eigenvalue weighted by Crippen LogP contribution is -2.49. The Balaban J connectivity index is 2.63. The number of halogens is 3. The molecular weight excluding hydrogens is 324 g/mol. The van der Waals surface area contributed by atoms with Crippen LogP contribution in [0.15, 0.2) is 24.3 Å². The molecule has 0 saturated heterocycles. The molecule has 1 aromatic carbocycles. The van der Waals surface area contributed by atoms with E-state index in [1.807, 2.05) is 0 Å². The van der Waals surface area contributed by atoms with Crippen LogP contribution in [0.3, 0.4) is 0 Å². The van der Waals surface area contributed by atoms with E-state index in [0.29, 0.717) is 11.2 Å². The van der Waals surface area contributed by atoms with Gasteiger partial charge in [-0.05, 0) is 39.8 Å². The van der Waals surface area contributed by atoms with Crippen molar-refractivity contribution in [3.8, 4) is 0 Å². The van der Waals surface area contributed by atoms with Crippen LogP contribution >= 0.6 is 0 Å². The molecule has 1 radical (unpaired) electrons. The fraction of sp³-hybridized carbons (Fsp3) is 0.533. The van der Waals surface area contributed by atoms with E-state index < -0.39 is 30.0 Å². The van der Waals surface area contributed by atoms with Gasteiger partial charge < -0.3 is 20.4 Å². The smallest absolute Gasteiger partial charge is 0.405 e. The predicted molar refractivity (Wildman–Crippen MR) is 86.4 cm³/mol. The van der Waals surface area contributed by atoms with Crippen molar-refractivity contribution in [1.82, 2.24) is 5.32 Å². The maximum absolute atomic E-state index is 12.0. The van der Waals surface area contributed by atoms with Crippen molar-refractivity contribution in [2.24, 2.45) is 0 Å². The number of amides is 2. The number of carbonyl (C=O) groups excluding carboxylic acids is 1. The molecule has 0 atom stereocenters. The molecule has 0 spiro atoms. The second kappa shape index (κ2) is 7.44. The SMILES string of the molecule is CC(C)(O)C(C)(C)O[B]c1cccc(NC(=O)NCC(F)(F)F)c1.